The summed E-state index contributed by atoms with van der Waals surface area (Å²) in [6, 6.07) is 8.17. The van der Waals surface area contributed by atoms with Gasteiger partial charge in [-0.15, -0.1) is 10.2 Å². The number of benzene rings is 1. The number of nitrogens with zero attached hydrogens (tertiary/aromatic N) is 5. The number of hydrogen-bond acceptors (Lipinski definition) is 9. The van der Waals surface area contributed by atoms with Gasteiger partial charge < -0.3 is 30.3 Å². The van der Waals surface area contributed by atoms with Crippen molar-refractivity contribution in [3.8, 4) is 17.0 Å². The van der Waals surface area contributed by atoms with Crippen molar-refractivity contribution in [3.05, 3.63) is 41.7 Å². The Kier molecular flexibility index (Phi) is 7.20. The Bertz CT molecular complexity index is 1490. The highest BCUT2D eigenvalue weighted by molar-refractivity contribution is 6.00. The fourth-order valence-electron chi connectivity index (χ4n) is 3.88. The highest BCUT2D eigenvalue weighted by Gasteiger charge is 2.30. The van der Waals surface area contributed by atoms with Crippen LogP contribution in [0.1, 0.15) is 37.9 Å². The van der Waals surface area contributed by atoms with E-state index in [1.54, 1.807) is 45.5 Å². The monoisotopic (exact) mass is 539 g/mol. The lowest BCUT2D eigenvalue weighted by atomic mass is 10.1. The third kappa shape index (κ3) is 6.14. The molecule has 3 aromatic rings. The molecule has 0 saturated heterocycles. The summed E-state index contributed by atoms with van der Waals surface area (Å²) in [4.78, 5) is 39.6. The molecule has 0 atom stereocenters. The lowest BCUT2D eigenvalue weighted by molar-refractivity contribution is -0.117. The van der Waals surface area contributed by atoms with Crippen LogP contribution in [0.25, 0.3) is 11.3 Å². The van der Waals surface area contributed by atoms with Gasteiger partial charge in [0.2, 0.25) is 5.91 Å². The zero-order chi connectivity index (χ0) is 30.6. The van der Waals surface area contributed by atoms with Gasteiger partial charge in [-0.2, -0.15) is 5.10 Å². The van der Waals surface area contributed by atoms with Gasteiger partial charge in [-0.25, -0.2) is 0 Å². The average molecular weight is 540 g/mol. The maximum Gasteiger partial charge on any atom is 0.273 e. The minimum Gasteiger partial charge on any atom is -0.494 e. The lowest BCUT2D eigenvalue weighted by Gasteiger charge is -2.16. The van der Waals surface area contributed by atoms with E-state index in [0.29, 0.717) is 41.5 Å². The summed E-state index contributed by atoms with van der Waals surface area (Å²) in [5.74, 6) is -1.15. The van der Waals surface area contributed by atoms with Crippen LogP contribution in [0.3, 0.4) is 0 Å². The first kappa shape index (κ1) is 23.6. The number of likely N-dealkylation sites (N-methyl/N-ethyl adjacent to an activating group) is 1. The zero-order valence-corrected chi connectivity index (χ0v) is 22.1. The minimum absolute atomic E-state index is 0.0740. The molecule has 2 heterocycles. The van der Waals surface area contributed by atoms with E-state index in [1.165, 1.54) is 22.8 Å². The van der Waals surface area contributed by atoms with Gasteiger partial charge in [-0.05, 0) is 31.0 Å². The molecule has 13 heteroatoms. The molecule has 1 aliphatic carbocycles. The molecule has 1 aromatic carbocycles. The molecule has 0 aliphatic heterocycles. The van der Waals surface area contributed by atoms with E-state index in [2.05, 4.69) is 25.9 Å². The third-order valence-electron chi connectivity index (χ3n) is 6.16. The van der Waals surface area contributed by atoms with E-state index in [9.17, 15) is 14.4 Å². The van der Waals surface area contributed by atoms with Crippen molar-refractivity contribution in [2.45, 2.75) is 12.8 Å². The summed E-state index contributed by atoms with van der Waals surface area (Å²) in [7, 11) is 6.34. The number of carbonyl (C=O) groups is 3. The van der Waals surface area contributed by atoms with Crippen molar-refractivity contribution >= 4 is 34.9 Å². The molecule has 1 aliphatic rings. The first-order valence-corrected chi connectivity index (χ1v) is 12.2. The van der Waals surface area contributed by atoms with E-state index in [4.69, 9.17) is 13.6 Å². The molecule has 3 N–H and O–H groups in total. The lowest BCUT2D eigenvalue weighted by Crippen LogP contribution is -2.31. The molecule has 0 radical (unpaired) electrons. The van der Waals surface area contributed by atoms with Crippen LogP contribution in [0.2, 0.25) is 0 Å². The Morgan fingerprint density at radius 2 is 1.97 bits per heavy atom. The van der Waals surface area contributed by atoms with Gasteiger partial charge in [-0.3, -0.25) is 19.1 Å². The number of nitrogens with one attached hydrogen (secondary N) is 3. The van der Waals surface area contributed by atoms with Crippen LogP contribution >= 0.6 is 0 Å². The van der Waals surface area contributed by atoms with Crippen LogP contribution in [0.5, 0.6) is 5.75 Å². The predicted octanol–water partition coefficient (Wildman–Crippen LogP) is 2.06. The Morgan fingerprint density at radius 1 is 1.18 bits per heavy atom. The maximum atomic E-state index is 13.0. The minimum atomic E-state index is -2.77. The van der Waals surface area contributed by atoms with Crippen molar-refractivity contribution in [1.29, 1.82) is 0 Å². The second-order valence-electron chi connectivity index (χ2n) is 8.98. The average Bonchev–Trinajstić information content (AvgIpc) is 3.72. The van der Waals surface area contributed by atoms with Gasteiger partial charge in [0.25, 0.3) is 11.8 Å². The number of anilines is 3. The molecule has 206 valence electrons. The number of para-hydroxylation sites is 1. The fourth-order valence-corrected chi connectivity index (χ4v) is 3.88. The molecule has 3 amide bonds. The zero-order valence-electron chi connectivity index (χ0n) is 25.1. The Hall–Kier alpha value is -4.52. The van der Waals surface area contributed by atoms with Gasteiger partial charge in [0.05, 0.1) is 30.8 Å². The van der Waals surface area contributed by atoms with Crippen LogP contribution in [0.4, 0.5) is 17.2 Å². The summed E-state index contributed by atoms with van der Waals surface area (Å²) in [5.41, 5.74) is 1.47. The highest BCUT2D eigenvalue weighted by Crippen LogP contribution is 2.38. The van der Waals surface area contributed by atoms with Crippen molar-refractivity contribution in [1.82, 2.24) is 30.2 Å². The normalized spacial score (nSPS) is 14.0. The van der Waals surface area contributed by atoms with Crippen LogP contribution in [-0.2, 0) is 16.6 Å². The third-order valence-corrected chi connectivity index (χ3v) is 6.16. The number of aryl methyl sites for hydroxylation is 1. The van der Waals surface area contributed by atoms with E-state index < -0.39 is 12.9 Å². The number of carbonyl (C=O) groups excluding carboxylic acids is 3. The summed E-state index contributed by atoms with van der Waals surface area (Å²) in [6.07, 6.45) is 1.55. The molecule has 13 nitrogen and oxygen atoms in total. The van der Waals surface area contributed by atoms with Crippen LogP contribution in [-0.4, -0.2) is 84.0 Å². The quantitative estimate of drug-likeness (QED) is 0.332. The number of ether oxygens (including phenoxy) is 2. The van der Waals surface area contributed by atoms with Crippen molar-refractivity contribution in [2.75, 3.05) is 52.0 Å². The standard InChI is InChI=1S/C26H32N8O5/c1-27-25(36)22-19(14-21(30-31-22)29-24(35)15-9-10-15)28-17-8-6-7-16(23(17)39-5)18-13-20(34(3)32-18)26(37)33(2)11-12-38-4/h6-8,13-15H,9-12H2,1-5H3,(H,27,36)(H2,28,29,30,35)/i1D3. The van der Waals surface area contributed by atoms with Gasteiger partial charge in [-0.1, -0.05) is 6.07 Å². The number of rotatable bonds is 11. The van der Waals surface area contributed by atoms with E-state index in [-0.39, 0.29) is 34.9 Å². The Morgan fingerprint density at radius 3 is 2.67 bits per heavy atom. The van der Waals surface area contributed by atoms with Crippen molar-refractivity contribution in [3.63, 3.8) is 0 Å². The molecule has 0 unspecified atom stereocenters. The molecule has 0 spiro atoms. The smallest absolute Gasteiger partial charge is 0.273 e. The van der Waals surface area contributed by atoms with Gasteiger partial charge in [0, 0.05) is 56.4 Å². The molecule has 1 fully saturated rings. The molecular weight excluding hydrogens is 504 g/mol. The highest BCUT2D eigenvalue weighted by atomic mass is 16.5. The number of methoxy groups -OCH3 is 2. The topological polar surface area (TPSA) is 153 Å². The predicted molar refractivity (Wildman–Crippen MR) is 144 cm³/mol. The molecular formula is C26H32N8O5. The van der Waals surface area contributed by atoms with E-state index in [1.807, 2.05) is 5.32 Å². The number of aromatic nitrogens is 4. The fraction of sp³-hybridized carbons (Fsp3) is 0.385. The molecule has 2 aromatic heterocycles. The van der Waals surface area contributed by atoms with E-state index >= 15 is 0 Å². The first-order valence-electron chi connectivity index (χ1n) is 13.7. The second kappa shape index (κ2) is 11.9. The number of hydrogen-bond donors (Lipinski definition) is 3. The van der Waals surface area contributed by atoms with Crippen LogP contribution in [0.15, 0.2) is 30.3 Å². The van der Waals surface area contributed by atoms with Gasteiger partial charge in [0.15, 0.2) is 17.3 Å². The molecule has 39 heavy (non-hydrogen) atoms. The summed E-state index contributed by atoms with van der Waals surface area (Å²) in [6.45, 7) is -1.98. The molecule has 1 saturated carbocycles. The first-order chi connectivity index (χ1) is 19.9. The number of amides is 3. The van der Waals surface area contributed by atoms with Gasteiger partial charge >= 0.3 is 0 Å². The van der Waals surface area contributed by atoms with Crippen LogP contribution < -0.4 is 20.7 Å². The van der Waals surface area contributed by atoms with Crippen LogP contribution in [0, 0.1) is 5.92 Å². The second-order valence-corrected chi connectivity index (χ2v) is 8.98. The summed E-state index contributed by atoms with van der Waals surface area (Å²) >= 11 is 0. The van der Waals surface area contributed by atoms with Gasteiger partial charge in [0.1, 0.15) is 5.69 Å². The largest absolute Gasteiger partial charge is 0.494 e. The maximum absolute atomic E-state index is 13.0. The van der Waals surface area contributed by atoms with E-state index in [0.717, 1.165) is 12.8 Å². The Labute approximate surface area is 230 Å². The van der Waals surface area contributed by atoms with Crippen molar-refractivity contribution in [2.24, 2.45) is 13.0 Å². The molecule has 0 bridgehead atoms. The summed E-state index contributed by atoms with van der Waals surface area (Å²) in [5, 5.41) is 19.9. The Balaban J connectivity index is 1.70. The SMILES string of the molecule is [2H]C([2H])([2H])NC(=O)c1nnc(NC(=O)C2CC2)cc1Nc1cccc(-c2cc(C(=O)N(C)CCOC)n(C)n2)c1OC. The summed E-state index contributed by atoms with van der Waals surface area (Å²) < 4.78 is 34.4. The van der Waals surface area contributed by atoms with Crippen molar-refractivity contribution < 1.29 is 28.0 Å². The molecule has 4 rings (SSSR count).